The number of rotatable bonds is 6. The van der Waals surface area contributed by atoms with Gasteiger partial charge in [0, 0.05) is 43.3 Å². The van der Waals surface area contributed by atoms with E-state index in [0.29, 0.717) is 13.2 Å². The number of amides is 2. The van der Waals surface area contributed by atoms with Crippen molar-refractivity contribution in [3.8, 4) is 0 Å². The van der Waals surface area contributed by atoms with Gasteiger partial charge in [0.1, 0.15) is 0 Å². The second kappa shape index (κ2) is 9.43. The van der Waals surface area contributed by atoms with Crippen molar-refractivity contribution in [2.45, 2.75) is 50.7 Å². The van der Waals surface area contributed by atoms with Crippen LogP contribution >= 0.6 is 0 Å². The number of urea groups is 1. The number of hydrogen-bond acceptors (Lipinski definition) is 3. The Morgan fingerprint density at radius 3 is 2.89 bits per heavy atom. The SMILES string of the molecule is O=C(NCCc1c[nH]c2ccccc12)N1CCC(OC[C@H]2CCCCO2)CC1. The van der Waals surface area contributed by atoms with E-state index in [0.717, 1.165) is 50.9 Å². The van der Waals surface area contributed by atoms with Crippen molar-refractivity contribution in [2.24, 2.45) is 0 Å². The van der Waals surface area contributed by atoms with Gasteiger partial charge in [0.05, 0.1) is 18.8 Å². The topological polar surface area (TPSA) is 66.6 Å². The predicted molar refractivity (Wildman–Crippen MR) is 110 cm³/mol. The molecule has 0 saturated carbocycles. The van der Waals surface area contributed by atoms with E-state index in [1.54, 1.807) is 0 Å². The maximum atomic E-state index is 12.4. The van der Waals surface area contributed by atoms with Crippen molar-refractivity contribution in [1.82, 2.24) is 15.2 Å². The van der Waals surface area contributed by atoms with Gasteiger partial charge >= 0.3 is 6.03 Å². The van der Waals surface area contributed by atoms with Crippen LogP contribution in [0.15, 0.2) is 30.5 Å². The Labute approximate surface area is 166 Å². The molecule has 0 unspecified atom stereocenters. The molecule has 2 aromatic rings. The lowest BCUT2D eigenvalue weighted by Crippen LogP contribution is -2.46. The highest BCUT2D eigenvalue weighted by Crippen LogP contribution is 2.19. The van der Waals surface area contributed by atoms with Gasteiger partial charge in [-0.3, -0.25) is 0 Å². The molecule has 28 heavy (non-hydrogen) atoms. The van der Waals surface area contributed by atoms with Gasteiger partial charge in [-0.05, 0) is 50.2 Å². The molecule has 2 saturated heterocycles. The van der Waals surface area contributed by atoms with Crippen molar-refractivity contribution < 1.29 is 14.3 Å². The lowest BCUT2D eigenvalue weighted by Gasteiger charge is -2.33. The zero-order valence-corrected chi connectivity index (χ0v) is 16.5. The number of aromatic amines is 1. The molecule has 4 rings (SSSR count). The molecule has 1 aromatic heterocycles. The monoisotopic (exact) mass is 385 g/mol. The Morgan fingerprint density at radius 1 is 1.21 bits per heavy atom. The van der Waals surface area contributed by atoms with E-state index in [9.17, 15) is 4.79 Å². The normalized spacial score (nSPS) is 21.1. The second-order valence-electron chi connectivity index (χ2n) is 7.85. The van der Waals surface area contributed by atoms with Gasteiger partial charge < -0.3 is 24.7 Å². The minimum atomic E-state index is 0.0360. The summed E-state index contributed by atoms with van der Waals surface area (Å²) in [6.45, 7) is 3.73. The van der Waals surface area contributed by atoms with Crippen LogP contribution in [0.1, 0.15) is 37.7 Å². The quantitative estimate of drug-likeness (QED) is 0.800. The number of carbonyl (C=O) groups excluding carboxylic acids is 1. The molecular weight excluding hydrogens is 354 g/mol. The first-order valence-electron chi connectivity index (χ1n) is 10.6. The average Bonchev–Trinajstić information content (AvgIpc) is 3.16. The van der Waals surface area contributed by atoms with E-state index in [4.69, 9.17) is 9.47 Å². The van der Waals surface area contributed by atoms with Crippen LogP contribution in [0.4, 0.5) is 4.79 Å². The van der Waals surface area contributed by atoms with Crippen molar-refractivity contribution in [2.75, 3.05) is 32.8 Å². The summed E-state index contributed by atoms with van der Waals surface area (Å²) in [5.74, 6) is 0. The number of carbonyl (C=O) groups is 1. The van der Waals surface area contributed by atoms with Crippen LogP contribution in [0, 0.1) is 0 Å². The van der Waals surface area contributed by atoms with E-state index in [-0.39, 0.29) is 18.2 Å². The number of para-hydroxylation sites is 1. The van der Waals surface area contributed by atoms with E-state index >= 15 is 0 Å². The predicted octanol–water partition coefficient (Wildman–Crippen LogP) is 3.47. The molecule has 6 nitrogen and oxygen atoms in total. The molecule has 0 spiro atoms. The van der Waals surface area contributed by atoms with E-state index in [1.807, 2.05) is 23.2 Å². The van der Waals surface area contributed by atoms with Crippen LogP contribution in [0.5, 0.6) is 0 Å². The average molecular weight is 386 g/mol. The molecule has 2 fully saturated rings. The standard InChI is InChI=1S/C22H31N3O3/c26-22(23-11-8-17-15-24-21-7-2-1-6-20(17)21)25-12-9-18(10-13-25)28-16-19-5-3-4-14-27-19/h1-2,6-7,15,18-19,24H,3-5,8-14,16H2,(H,23,26)/t19-/m1/s1. The van der Waals surface area contributed by atoms with Gasteiger partial charge in [0.15, 0.2) is 0 Å². The third-order valence-electron chi connectivity index (χ3n) is 5.87. The first-order chi connectivity index (χ1) is 13.8. The highest BCUT2D eigenvalue weighted by atomic mass is 16.5. The van der Waals surface area contributed by atoms with Crippen LogP contribution in [0.3, 0.4) is 0 Å². The van der Waals surface area contributed by atoms with Gasteiger partial charge in [0.2, 0.25) is 0 Å². The number of ether oxygens (including phenoxy) is 2. The molecule has 1 atom stereocenters. The number of hydrogen-bond donors (Lipinski definition) is 2. The van der Waals surface area contributed by atoms with Crippen LogP contribution in [-0.4, -0.2) is 61.0 Å². The summed E-state index contributed by atoms with van der Waals surface area (Å²) in [6.07, 6.45) is 8.71. The maximum absolute atomic E-state index is 12.4. The summed E-state index contributed by atoms with van der Waals surface area (Å²) in [5, 5.41) is 4.30. The lowest BCUT2D eigenvalue weighted by atomic mass is 10.1. The Hall–Kier alpha value is -2.05. The molecule has 2 amide bonds. The summed E-state index contributed by atoms with van der Waals surface area (Å²) in [7, 11) is 0. The second-order valence-corrected chi connectivity index (χ2v) is 7.85. The van der Waals surface area contributed by atoms with Gasteiger partial charge in [0.25, 0.3) is 0 Å². The first kappa shape index (κ1) is 19.3. The summed E-state index contributed by atoms with van der Waals surface area (Å²) in [4.78, 5) is 17.6. The third-order valence-corrected chi connectivity index (χ3v) is 5.87. The molecule has 2 aliphatic rings. The number of fused-ring (bicyclic) bond motifs is 1. The summed E-state index contributed by atoms with van der Waals surface area (Å²) in [5.41, 5.74) is 2.39. The van der Waals surface area contributed by atoms with Gasteiger partial charge in [-0.15, -0.1) is 0 Å². The lowest BCUT2D eigenvalue weighted by molar-refractivity contribution is -0.0728. The highest BCUT2D eigenvalue weighted by Gasteiger charge is 2.24. The molecule has 2 N–H and O–H groups in total. The van der Waals surface area contributed by atoms with Gasteiger partial charge in [-0.1, -0.05) is 18.2 Å². The molecule has 2 aliphatic heterocycles. The molecule has 152 valence electrons. The largest absolute Gasteiger partial charge is 0.376 e. The zero-order valence-electron chi connectivity index (χ0n) is 16.5. The number of nitrogens with zero attached hydrogens (tertiary/aromatic N) is 1. The highest BCUT2D eigenvalue weighted by molar-refractivity contribution is 5.83. The van der Waals surface area contributed by atoms with Crippen LogP contribution in [-0.2, 0) is 15.9 Å². The van der Waals surface area contributed by atoms with E-state index in [2.05, 4.69) is 22.4 Å². The van der Waals surface area contributed by atoms with Crippen molar-refractivity contribution in [1.29, 1.82) is 0 Å². The minimum absolute atomic E-state index is 0.0360. The van der Waals surface area contributed by atoms with Crippen molar-refractivity contribution in [3.05, 3.63) is 36.0 Å². The smallest absolute Gasteiger partial charge is 0.317 e. The number of likely N-dealkylation sites (tertiary alicyclic amines) is 1. The van der Waals surface area contributed by atoms with Crippen LogP contribution in [0.2, 0.25) is 0 Å². The summed E-state index contributed by atoms with van der Waals surface area (Å²) >= 11 is 0. The van der Waals surface area contributed by atoms with Crippen LogP contribution in [0.25, 0.3) is 10.9 Å². The Bertz CT molecular complexity index is 761. The van der Waals surface area contributed by atoms with Crippen molar-refractivity contribution in [3.63, 3.8) is 0 Å². The molecule has 3 heterocycles. The van der Waals surface area contributed by atoms with Crippen molar-refractivity contribution >= 4 is 16.9 Å². The molecule has 1 aromatic carbocycles. The van der Waals surface area contributed by atoms with Gasteiger partial charge in [-0.25, -0.2) is 4.79 Å². The summed E-state index contributed by atoms with van der Waals surface area (Å²) < 4.78 is 11.8. The number of piperidine rings is 1. The fraction of sp³-hybridized carbons (Fsp3) is 0.591. The molecule has 0 aliphatic carbocycles. The number of aromatic nitrogens is 1. The number of benzene rings is 1. The number of nitrogens with one attached hydrogen (secondary N) is 2. The molecule has 6 heteroatoms. The van der Waals surface area contributed by atoms with Gasteiger partial charge in [-0.2, -0.15) is 0 Å². The first-order valence-corrected chi connectivity index (χ1v) is 10.6. The Kier molecular flexibility index (Phi) is 6.49. The molecule has 0 bridgehead atoms. The fourth-order valence-electron chi connectivity index (χ4n) is 4.16. The number of H-pyrrole nitrogens is 1. The minimum Gasteiger partial charge on any atom is -0.376 e. The third kappa shape index (κ3) is 4.86. The van der Waals surface area contributed by atoms with E-state index < -0.39 is 0 Å². The van der Waals surface area contributed by atoms with E-state index in [1.165, 1.54) is 23.8 Å². The maximum Gasteiger partial charge on any atom is 0.317 e. The Morgan fingerprint density at radius 2 is 2.07 bits per heavy atom. The molecule has 0 radical (unpaired) electrons. The fourth-order valence-corrected chi connectivity index (χ4v) is 4.16. The van der Waals surface area contributed by atoms with Crippen LogP contribution < -0.4 is 5.32 Å². The molecular formula is C22H31N3O3. The zero-order chi connectivity index (χ0) is 19.2. The Balaban J connectivity index is 1.15. The summed E-state index contributed by atoms with van der Waals surface area (Å²) in [6, 6.07) is 8.30.